The normalized spacial score (nSPS) is 16.0. The Bertz CT molecular complexity index is 417. The summed E-state index contributed by atoms with van der Waals surface area (Å²) in [6.07, 6.45) is 1.42. The maximum absolute atomic E-state index is 11.3. The Hall–Kier alpha value is -1.55. The molecule has 0 saturated heterocycles. The second kappa shape index (κ2) is 5.19. The molecule has 1 unspecified atom stereocenters. The highest BCUT2D eigenvalue weighted by atomic mass is 16.5. The highest BCUT2D eigenvalue weighted by molar-refractivity contribution is 5.94. The van der Waals surface area contributed by atoms with E-state index >= 15 is 0 Å². The summed E-state index contributed by atoms with van der Waals surface area (Å²) in [7, 11) is 1.65. The molecule has 2 rings (SSSR count). The van der Waals surface area contributed by atoms with E-state index in [4.69, 9.17) is 9.47 Å². The number of nitrogens with one attached hydrogen (secondary N) is 1. The first-order valence-corrected chi connectivity index (χ1v) is 5.77. The Morgan fingerprint density at radius 3 is 3.00 bits per heavy atom. The molecule has 1 aliphatic rings. The van der Waals surface area contributed by atoms with Crippen LogP contribution in [0, 0.1) is 0 Å². The van der Waals surface area contributed by atoms with Crippen molar-refractivity contribution in [2.45, 2.75) is 25.9 Å². The van der Waals surface area contributed by atoms with Crippen molar-refractivity contribution >= 4 is 11.6 Å². The molecule has 1 aliphatic heterocycles. The summed E-state index contributed by atoms with van der Waals surface area (Å²) in [6, 6.07) is 5.80. The number of benzene rings is 1. The lowest BCUT2D eigenvalue weighted by Gasteiger charge is -2.18. The SMILES string of the molecule is COC(C)COc1ccc2c(c1)NC(=O)CC2. The lowest BCUT2D eigenvalue weighted by Crippen LogP contribution is -2.19. The van der Waals surface area contributed by atoms with Gasteiger partial charge in [0, 0.05) is 25.3 Å². The van der Waals surface area contributed by atoms with Gasteiger partial charge in [0.25, 0.3) is 0 Å². The fraction of sp³-hybridized carbons (Fsp3) is 0.462. The number of anilines is 1. The Kier molecular flexibility index (Phi) is 3.64. The van der Waals surface area contributed by atoms with Gasteiger partial charge in [-0.3, -0.25) is 4.79 Å². The molecule has 0 aliphatic carbocycles. The molecule has 17 heavy (non-hydrogen) atoms. The van der Waals surface area contributed by atoms with E-state index in [9.17, 15) is 4.79 Å². The molecule has 0 spiro atoms. The molecule has 0 fully saturated rings. The molecule has 0 bridgehead atoms. The minimum Gasteiger partial charge on any atom is -0.491 e. The van der Waals surface area contributed by atoms with Crippen LogP contribution in [0.3, 0.4) is 0 Å². The van der Waals surface area contributed by atoms with Crippen LogP contribution in [0.1, 0.15) is 18.9 Å². The Labute approximate surface area is 101 Å². The fourth-order valence-corrected chi connectivity index (χ4v) is 1.72. The number of rotatable bonds is 4. The van der Waals surface area contributed by atoms with Crippen LogP contribution in [0.5, 0.6) is 5.75 Å². The van der Waals surface area contributed by atoms with Crippen LogP contribution >= 0.6 is 0 Å². The number of fused-ring (bicyclic) bond motifs is 1. The summed E-state index contributed by atoms with van der Waals surface area (Å²) < 4.78 is 10.7. The van der Waals surface area contributed by atoms with Crippen molar-refractivity contribution in [2.75, 3.05) is 19.0 Å². The van der Waals surface area contributed by atoms with Crippen LogP contribution in [0.25, 0.3) is 0 Å². The van der Waals surface area contributed by atoms with Crippen LogP contribution < -0.4 is 10.1 Å². The van der Waals surface area contributed by atoms with Gasteiger partial charge in [-0.25, -0.2) is 0 Å². The molecule has 0 saturated carbocycles. The molecule has 4 nitrogen and oxygen atoms in total. The van der Waals surface area contributed by atoms with Gasteiger partial charge in [0.2, 0.25) is 5.91 Å². The van der Waals surface area contributed by atoms with Crippen LogP contribution in [0.2, 0.25) is 0 Å². The van der Waals surface area contributed by atoms with Gasteiger partial charge in [-0.2, -0.15) is 0 Å². The first kappa shape index (κ1) is 11.9. The predicted molar refractivity (Wildman–Crippen MR) is 65.4 cm³/mol. The van der Waals surface area contributed by atoms with E-state index in [-0.39, 0.29) is 12.0 Å². The van der Waals surface area contributed by atoms with Crippen LogP contribution in [-0.2, 0) is 16.0 Å². The maximum Gasteiger partial charge on any atom is 0.224 e. The second-order valence-electron chi connectivity index (χ2n) is 4.22. The van der Waals surface area contributed by atoms with Gasteiger partial charge >= 0.3 is 0 Å². The van der Waals surface area contributed by atoms with Gasteiger partial charge in [0.1, 0.15) is 12.4 Å². The lowest BCUT2D eigenvalue weighted by atomic mass is 10.0. The van der Waals surface area contributed by atoms with Gasteiger partial charge < -0.3 is 14.8 Å². The van der Waals surface area contributed by atoms with Crippen molar-refractivity contribution in [3.8, 4) is 5.75 Å². The zero-order valence-corrected chi connectivity index (χ0v) is 10.2. The summed E-state index contributed by atoms with van der Waals surface area (Å²) in [4.78, 5) is 11.3. The number of hydrogen-bond acceptors (Lipinski definition) is 3. The fourth-order valence-electron chi connectivity index (χ4n) is 1.72. The van der Waals surface area contributed by atoms with Crippen LogP contribution in [0.15, 0.2) is 18.2 Å². The average molecular weight is 235 g/mol. The third-order valence-electron chi connectivity index (χ3n) is 2.86. The number of hydrogen-bond donors (Lipinski definition) is 1. The topological polar surface area (TPSA) is 47.6 Å². The molecule has 0 radical (unpaired) electrons. The number of methoxy groups -OCH3 is 1. The number of amides is 1. The molecular weight excluding hydrogens is 218 g/mol. The molecule has 1 atom stereocenters. The van der Waals surface area contributed by atoms with E-state index in [1.807, 2.05) is 25.1 Å². The van der Waals surface area contributed by atoms with Crippen molar-refractivity contribution < 1.29 is 14.3 Å². The summed E-state index contributed by atoms with van der Waals surface area (Å²) in [5.74, 6) is 0.828. The molecule has 92 valence electrons. The standard InChI is InChI=1S/C13H17NO3/c1-9(16-2)8-17-11-5-3-10-4-6-13(15)14-12(10)7-11/h3,5,7,9H,4,6,8H2,1-2H3,(H,14,15). The van der Waals surface area contributed by atoms with E-state index in [2.05, 4.69) is 5.32 Å². The van der Waals surface area contributed by atoms with Crippen molar-refractivity contribution in [1.82, 2.24) is 0 Å². The van der Waals surface area contributed by atoms with E-state index in [1.54, 1.807) is 7.11 Å². The van der Waals surface area contributed by atoms with Gasteiger partial charge in [-0.1, -0.05) is 6.07 Å². The number of carbonyl (C=O) groups excluding carboxylic acids is 1. The monoisotopic (exact) mass is 235 g/mol. The first-order chi connectivity index (χ1) is 8.19. The van der Waals surface area contributed by atoms with Crippen molar-refractivity contribution in [1.29, 1.82) is 0 Å². The van der Waals surface area contributed by atoms with Crippen LogP contribution in [-0.4, -0.2) is 25.7 Å². The molecule has 1 amide bonds. The molecule has 1 heterocycles. The lowest BCUT2D eigenvalue weighted by molar-refractivity contribution is -0.116. The molecule has 1 aromatic rings. The Morgan fingerprint density at radius 2 is 2.24 bits per heavy atom. The van der Waals surface area contributed by atoms with Crippen molar-refractivity contribution in [2.24, 2.45) is 0 Å². The van der Waals surface area contributed by atoms with Gasteiger partial charge in [0.15, 0.2) is 0 Å². The average Bonchev–Trinajstić information content (AvgIpc) is 2.35. The zero-order chi connectivity index (χ0) is 12.3. The van der Waals surface area contributed by atoms with E-state index in [0.29, 0.717) is 13.0 Å². The molecule has 1 N–H and O–H groups in total. The van der Waals surface area contributed by atoms with Gasteiger partial charge in [-0.15, -0.1) is 0 Å². The molecule has 1 aromatic carbocycles. The van der Waals surface area contributed by atoms with E-state index < -0.39 is 0 Å². The van der Waals surface area contributed by atoms with E-state index in [1.165, 1.54) is 0 Å². The van der Waals surface area contributed by atoms with Crippen molar-refractivity contribution in [3.05, 3.63) is 23.8 Å². The maximum atomic E-state index is 11.3. The predicted octanol–water partition coefficient (Wildman–Crippen LogP) is 1.98. The van der Waals surface area contributed by atoms with Gasteiger partial charge in [-0.05, 0) is 25.0 Å². The first-order valence-electron chi connectivity index (χ1n) is 5.77. The zero-order valence-electron chi connectivity index (χ0n) is 10.2. The quantitative estimate of drug-likeness (QED) is 0.868. The third-order valence-corrected chi connectivity index (χ3v) is 2.86. The summed E-state index contributed by atoms with van der Waals surface area (Å²) in [5.41, 5.74) is 2.03. The summed E-state index contributed by atoms with van der Waals surface area (Å²) in [6.45, 7) is 2.45. The highest BCUT2D eigenvalue weighted by Gasteiger charge is 2.15. The van der Waals surface area contributed by atoms with Gasteiger partial charge in [0.05, 0.1) is 6.10 Å². The number of ether oxygens (including phenoxy) is 2. The Morgan fingerprint density at radius 1 is 1.41 bits per heavy atom. The highest BCUT2D eigenvalue weighted by Crippen LogP contribution is 2.27. The second-order valence-corrected chi connectivity index (χ2v) is 4.22. The number of carbonyl (C=O) groups is 1. The number of aryl methyl sites for hydroxylation is 1. The Balaban J connectivity index is 2.05. The van der Waals surface area contributed by atoms with E-state index in [0.717, 1.165) is 23.4 Å². The van der Waals surface area contributed by atoms with Crippen LogP contribution in [0.4, 0.5) is 5.69 Å². The largest absolute Gasteiger partial charge is 0.491 e. The third kappa shape index (κ3) is 2.97. The molecular formula is C13H17NO3. The smallest absolute Gasteiger partial charge is 0.224 e. The minimum atomic E-state index is 0.0561. The summed E-state index contributed by atoms with van der Waals surface area (Å²) in [5, 5.41) is 2.85. The minimum absolute atomic E-state index is 0.0561. The molecule has 0 aromatic heterocycles. The molecule has 4 heteroatoms. The van der Waals surface area contributed by atoms with Crippen molar-refractivity contribution in [3.63, 3.8) is 0 Å². The summed E-state index contributed by atoms with van der Waals surface area (Å²) >= 11 is 0.